The van der Waals surface area contributed by atoms with Gasteiger partial charge in [-0.2, -0.15) is 5.10 Å². The molecular formula is C17H16N2O4. The molecule has 0 saturated carbocycles. The summed E-state index contributed by atoms with van der Waals surface area (Å²) in [7, 11) is 0. The van der Waals surface area contributed by atoms with E-state index < -0.39 is 11.8 Å². The second-order valence-corrected chi connectivity index (χ2v) is 4.89. The summed E-state index contributed by atoms with van der Waals surface area (Å²) in [5.41, 5.74) is 1.62. The predicted octanol–water partition coefficient (Wildman–Crippen LogP) is 2.00. The van der Waals surface area contributed by atoms with E-state index in [9.17, 15) is 9.59 Å². The van der Waals surface area contributed by atoms with Gasteiger partial charge in [0.2, 0.25) is 5.78 Å². The van der Waals surface area contributed by atoms with Gasteiger partial charge in [0.1, 0.15) is 11.5 Å². The molecule has 6 nitrogen and oxygen atoms in total. The first-order chi connectivity index (χ1) is 11.0. The van der Waals surface area contributed by atoms with Crippen LogP contribution >= 0.6 is 0 Å². The number of benzene rings is 2. The first kappa shape index (κ1) is 16.2. The van der Waals surface area contributed by atoms with E-state index in [1.807, 2.05) is 25.1 Å². The smallest absolute Gasteiger partial charge is 0.335 e. The quantitative estimate of drug-likeness (QED) is 0.482. The van der Waals surface area contributed by atoms with Crippen LogP contribution in [0.5, 0.6) is 5.75 Å². The SMILES string of the molecule is Cc1cccc(OCC(=O)/C(=N/N)c2ccc(C(=O)O)cc2)c1. The normalized spacial score (nSPS) is 11.1. The summed E-state index contributed by atoms with van der Waals surface area (Å²) in [4.78, 5) is 23.0. The summed E-state index contributed by atoms with van der Waals surface area (Å²) in [6, 6.07) is 13.1. The molecule has 2 aromatic rings. The Morgan fingerprint density at radius 1 is 1.13 bits per heavy atom. The van der Waals surface area contributed by atoms with Crippen LogP contribution in [-0.2, 0) is 4.79 Å². The van der Waals surface area contributed by atoms with Gasteiger partial charge >= 0.3 is 5.97 Å². The van der Waals surface area contributed by atoms with Crippen LogP contribution in [0.2, 0.25) is 0 Å². The summed E-state index contributed by atoms with van der Waals surface area (Å²) >= 11 is 0. The monoisotopic (exact) mass is 312 g/mol. The number of nitrogens with two attached hydrogens (primary N) is 1. The maximum atomic E-state index is 12.2. The maximum absolute atomic E-state index is 12.2. The van der Waals surface area contributed by atoms with Gasteiger partial charge in [-0.25, -0.2) is 4.79 Å². The molecule has 0 radical (unpaired) electrons. The Balaban J connectivity index is 2.08. The molecular weight excluding hydrogens is 296 g/mol. The van der Waals surface area contributed by atoms with Crippen LogP contribution < -0.4 is 10.6 Å². The largest absolute Gasteiger partial charge is 0.485 e. The summed E-state index contributed by atoms with van der Waals surface area (Å²) in [5, 5.41) is 12.4. The standard InChI is InChI=1S/C17H16N2O4/c1-11-3-2-4-14(9-11)23-10-15(20)16(19-18)12-5-7-13(8-6-12)17(21)22/h2-9H,10,18H2,1H3,(H,21,22)/b19-16+. The number of carboxylic acid groups (broad SMARTS) is 1. The van der Waals surface area contributed by atoms with Crippen LogP contribution in [-0.4, -0.2) is 29.2 Å². The van der Waals surface area contributed by atoms with Crippen molar-refractivity contribution in [3.63, 3.8) is 0 Å². The van der Waals surface area contributed by atoms with Crippen molar-refractivity contribution >= 4 is 17.5 Å². The molecule has 0 aliphatic carbocycles. The van der Waals surface area contributed by atoms with E-state index in [1.54, 1.807) is 6.07 Å². The van der Waals surface area contributed by atoms with Crippen LogP contribution in [0.15, 0.2) is 53.6 Å². The molecule has 2 aromatic carbocycles. The molecule has 118 valence electrons. The minimum absolute atomic E-state index is 0.0367. The Hall–Kier alpha value is -3.15. The minimum Gasteiger partial charge on any atom is -0.485 e. The molecule has 0 fully saturated rings. The number of hydrogen-bond donors (Lipinski definition) is 2. The van der Waals surface area contributed by atoms with Crippen LogP contribution in [0, 0.1) is 6.92 Å². The van der Waals surface area contributed by atoms with Crippen molar-refractivity contribution in [2.45, 2.75) is 6.92 Å². The molecule has 0 heterocycles. The lowest BCUT2D eigenvalue weighted by Gasteiger charge is -2.08. The molecule has 0 amide bonds. The Morgan fingerprint density at radius 2 is 1.78 bits per heavy atom. The van der Waals surface area contributed by atoms with Crippen molar-refractivity contribution in [2.24, 2.45) is 10.9 Å². The molecule has 0 unspecified atom stereocenters. The molecule has 0 saturated heterocycles. The van der Waals surface area contributed by atoms with Crippen molar-refractivity contribution < 1.29 is 19.4 Å². The number of hydrogen-bond acceptors (Lipinski definition) is 5. The topological polar surface area (TPSA) is 102 Å². The van der Waals surface area contributed by atoms with Gasteiger partial charge in [-0.05, 0) is 36.8 Å². The third-order valence-electron chi connectivity index (χ3n) is 3.16. The van der Waals surface area contributed by atoms with Gasteiger partial charge < -0.3 is 15.7 Å². The molecule has 0 bridgehead atoms. The Bertz CT molecular complexity index is 751. The maximum Gasteiger partial charge on any atom is 0.335 e. The number of aromatic carboxylic acids is 1. The highest BCUT2D eigenvalue weighted by molar-refractivity contribution is 6.46. The van der Waals surface area contributed by atoms with Crippen LogP contribution in [0.3, 0.4) is 0 Å². The minimum atomic E-state index is -1.04. The molecule has 0 aliphatic rings. The Kier molecular flexibility index (Phi) is 5.09. The molecule has 3 N–H and O–H groups in total. The Morgan fingerprint density at radius 3 is 2.35 bits per heavy atom. The lowest BCUT2D eigenvalue weighted by atomic mass is 10.0. The number of ketones is 1. The summed E-state index contributed by atoms with van der Waals surface area (Å²) in [5.74, 6) is 4.44. The number of aryl methyl sites for hydroxylation is 1. The predicted molar refractivity (Wildman–Crippen MR) is 85.8 cm³/mol. The van der Waals surface area contributed by atoms with Gasteiger partial charge in [-0.3, -0.25) is 4.79 Å². The molecule has 2 rings (SSSR count). The summed E-state index contributed by atoms with van der Waals surface area (Å²) in [6.45, 7) is 1.71. The van der Waals surface area contributed by atoms with Gasteiger partial charge in [0.15, 0.2) is 6.61 Å². The van der Waals surface area contributed by atoms with Gasteiger partial charge in [-0.1, -0.05) is 24.3 Å². The zero-order valence-corrected chi connectivity index (χ0v) is 12.5. The van der Waals surface area contributed by atoms with Crippen molar-refractivity contribution in [2.75, 3.05) is 6.61 Å². The number of carboxylic acids is 1. The number of ether oxygens (including phenoxy) is 1. The highest BCUT2D eigenvalue weighted by atomic mass is 16.5. The third kappa shape index (κ3) is 4.16. The fourth-order valence-corrected chi connectivity index (χ4v) is 2.00. The summed E-state index contributed by atoms with van der Waals surface area (Å²) < 4.78 is 5.43. The first-order valence-electron chi connectivity index (χ1n) is 6.85. The Labute approximate surface area is 133 Å². The van der Waals surface area contributed by atoms with E-state index >= 15 is 0 Å². The lowest BCUT2D eigenvalue weighted by molar-refractivity contribution is -0.114. The molecule has 23 heavy (non-hydrogen) atoms. The van der Waals surface area contributed by atoms with Crippen LogP contribution in [0.25, 0.3) is 0 Å². The van der Waals surface area contributed by atoms with Gasteiger partial charge in [0, 0.05) is 5.56 Å². The number of nitrogens with zero attached hydrogens (tertiary/aromatic N) is 1. The number of hydrazone groups is 1. The van der Waals surface area contributed by atoms with E-state index in [2.05, 4.69) is 5.10 Å². The molecule has 0 spiro atoms. The third-order valence-corrected chi connectivity index (χ3v) is 3.16. The zero-order chi connectivity index (χ0) is 16.8. The van der Waals surface area contributed by atoms with Crippen LogP contribution in [0.4, 0.5) is 0 Å². The van der Waals surface area contributed by atoms with E-state index in [1.165, 1.54) is 24.3 Å². The van der Waals surface area contributed by atoms with Crippen molar-refractivity contribution in [3.8, 4) is 5.75 Å². The average molecular weight is 312 g/mol. The fourth-order valence-electron chi connectivity index (χ4n) is 2.00. The van der Waals surface area contributed by atoms with Crippen LogP contribution in [0.1, 0.15) is 21.5 Å². The van der Waals surface area contributed by atoms with E-state index in [0.717, 1.165) is 5.56 Å². The van der Waals surface area contributed by atoms with Gasteiger partial charge in [-0.15, -0.1) is 0 Å². The summed E-state index contributed by atoms with van der Waals surface area (Å²) in [6.07, 6.45) is 0. The van der Waals surface area contributed by atoms with E-state index in [0.29, 0.717) is 11.3 Å². The zero-order valence-electron chi connectivity index (χ0n) is 12.5. The average Bonchev–Trinajstić information content (AvgIpc) is 2.54. The van der Waals surface area contributed by atoms with Crippen molar-refractivity contribution in [3.05, 3.63) is 65.2 Å². The number of carbonyl (C=O) groups excluding carboxylic acids is 1. The lowest BCUT2D eigenvalue weighted by Crippen LogP contribution is -2.24. The highest BCUT2D eigenvalue weighted by Crippen LogP contribution is 2.13. The van der Waals surface area contributed by atoms with E-state index in [-0.39, 0.29) is 17.9 Å². The second-order valence-electron chi connectivity index (χ2n) is 4.89. The number of Topliss-reactive ketones (excluding diaryl/α,β-unsaturated/α-hetero) is 1. The molecule has 6 heteroatoms. The molecule has 0 aliphatic heterocycles. The first-order valence-corrected chi connectivity index (χ1v) is 6.85. The molecule has 0 aromatic heterocycles. The van der Waals surface area contributed by atoms with Crippen molar-refractivity contribution in [1.29, 1.82) is 0 Å². The number of rotatable bonds is 6. The number of carbonyl (C=O) groups is 2. The van der Waals surface area contributed by atoms with Gasteiger partial charge in [0.25, 0.3) is 0 Å². The highest BCUT2D eigenvalue weighted by Gasteiger charge is 2.15. The second kappa shape index (κ2) is 7.22. The fraction of sp³-hybridized carbons (Fsp3) is 0.118. The van der Waals surface area contributed by atoms with Gasteiger partial charge in [0.05, 0.1) is 5.56 Å². The van der Waals surface area contributed by atoms with E-state index in [4.69, 9.17) is 15.7 Å². The molecule has 0 atom stereocenters. The van der Waals surface area contributed by atoms with Crippen molar-refractivity contribution in [1.82, 2.24) is 0 Å².